The lowest BCUT2D eigenvalue weighted by Crippen LogP contribution is -2.44. The van der Waals surface area contributed by atoms with E-state index >= 15 is 0 Å². The van der Waals surface area contributed by atoms with Gasteiger partial charge in [0, 0.05) is 31.7 Å². The lowest BCUT2D eigenvalue weighted by Gasteiger charge is -2.33. The highest BCUT2D eigenvalue weighted by atomic mass is 35.5. The molecule has 1 aromatic heterocycles. The van der Waals surface area contributed by atoms with Gasteiger partial charge >= 0.3 is 6.18 Å². The van der Waals surface area contributed by atoms with E-state index in [9.17, 15) is 18.0 Å². The van der Waals surface area contributed by atoms with E-state index in [-0.39, 0.29) is 16.4 Å². The number of carbonyl (C=O) groups is 1. The Bertz CT molecular complexity index is 836. The van der Waals surface area contributed by atoms with Crippen molar-refractivity contribution < 1.29 is 18.0 Å². The number of halogens is 4. The van der Waals surface area contributed by atoms with Crippen LogP contribution in [0.1, 0.15) is 15.9 Å². The Morgan fingerprint density at radius 2 is 1.85 bits per heavy atom. The Morgan fingerprint density at radius 1 is 1.15 bits per heavy atom. The van der Waals surface area contributed by atoms with E-state index in [1.807, 2.05) is 7.05 Å². The van der Waals surface area contributed by atoms with Gasteiger partial charge in [-0.1, -0.05) is 17.7 Å². The zero-order chi connectivity index (χ0) is 19.6. The van der Waals surface area contributed by atoms with E-state index in [0.717, 1.165) is 38.3 Å². The van der Waals surface area contributed by atoms with Gasteiger partial charge in [-0.2, -0.15) is 13.2 Å². The Morgan fingerprint density at radius 3 is 2.48 bits per heavy atom. The molecule has 0 bridgehead atoms. The molecule has 1 amide bonds. The van der Waals surface area contributed by atoms with Gasteiger partial charge in [-0.25, -0.2) is 4.98 Å². The molecule has 2 heterocycles. The van der Waals surface area contributed by atoms with Gasteiger partial charge in [0.25, 0.3) is 5.91 Å². The summed E-state index contributed by atoms with van der Waals surface area (Å²) in [6, 6.07) is 7.55. The summed E-state index contributed by atoms with van der Waals surface area (Å²) >= 11 is 6.17. The number of pyridine rings is 1. The molecule has 9 heteroatoms. The van der Waals surface area contributed by atoms with E-state index in [1.54, 1.807) is 12.1 Å². The molecule has 2 aromatic rings. The molecule has 0 atom stereocenters. The van der Waals surface area contributed by atoms with Gasteiger partial charge in [-0.05, 0) is 37.4 Å². The van der Waals surface area contributed by atoms with Crippen LogP contribution in [0.2, 0.25) is 5.15 Å². The minimum atomic E-state index is -4.51. The van der Waals surface area contributed by atoms with Crippen LogP contribution in [-0.4, -0.2) is 49.0 Å². The first-order valence-electron chi connectivity index (χ1n) is 8.33. The number of anilines is 2. The van der Waals surface area contributed by atoms with Crippen LogP contribution in [0.5, 0.6) is 0 Å². The molecule has 0 aliphatic carbocycles. The predicted octanol–water partition coefficient (Wildman–Crippen LogP) is 3.76. The van der Waals surface area contributed by atoms with Crippen molar-refractivity contribution in [2.75, 3.05) is 43.4 Å². The molecule has 0 unspecified atom stereocenters. The lowest BCUT2D eigenvalue weighted by atomic mass is 10.1. The maximum Gasteiger partial charge on any atom is 0.416 e. The van der Waals surface area contributed by atoms with E-state index in [0.29, 0.717) is 5.82 Å². The second-order valence-electron chi connectivity index (χ2n) is 6.33. The van der Waals surface area contributed by atoms with Crippen LogP contribution in [0, 0.1) is 0 Å². The van der Waals surface area contributed by atoms with E-state index in [2.05, 4.69) is 20.1 Å². The summed E-state index contributed by atoms with van der Waals surface area (Å²) in [4.78, 5) is 20.9. The molecule has 0 radical (unpaired) electrons. The van der Waals surface area contributed by atoms with Crippen molar-refractivity contribution in [1.82, 2.24) is 9.88 Å². The fraction of sp³-hybridized carbons (Fsp3) is 0.333. The minimum absolute atomic E-state index is 0.0896. The molecule has 0 saturated carbocycles. The number of likely N-dealkylation sites (N-methyl/N-ethyl adjacent to an activating group) is 1. The first kappa shape index (κ1) is 19.4. The molecular weight excluding hydrogens is 381 g/mol. The Kier molecular flexibility index (Phi) is 5.57. The molecule has 1 N–H and O–H groups in total. The monoisotopic (exact) mass is 398 g/mol. The topological polar surface area (TPSA) is 48.5 Å². The van der Waals surface area contributed by atoms with Gasteiger partial charge in [0.05, 0.1) is 11.3 Å². The van der Waals surface area contributed by atoms with Gasteiger partial charge in [0.15, 0.2) is 5.15 Å². The second kappa shape index (κ2) is 7.74. The van der Waals surface area contributed by atoms with Gasteiger partial charge in [0.2, 0.25) is 0 Å². The van der Waals surface area contributed by atoms with Gasteiger partial charge in [-0.15, -0.1) is 0 Å². The van der Waals surface area contributed by atoms with Crippen LogP contribution in [0.25, 0.3) is 0 Å². The van der Waals surface area contributed by atoms with Gasteiger partial charge in [0.1, 0.15) is 5.82 Å². The standard InChI is InChI=1S/C18H18ClF3N4O/c1-25-7-9-26(10-8-25)15-6-5-14(16(19)24-15)23-17(27)12-3-2-4-13(11-12)18(20,21)22/h2-6,11H,7-10H2,1H3,(H,23,27). The van der Waals surface area contributed by atoms with Gasteiger partial charge < -0.3 is 15.1 Å². The zero-order valence-corrected chi connectivity index (χ0v) is 15.3. The number of rotatable bonds is 3. The van der Waals surface area contributed by atoms with Crippen LogP contribution in [-0.2, 0) is 6.18 Å². The van der Waals surface area contributed by atoms with Crippen LogP contribution in [0.4, 0.5) is 24.7 Å². The first-order valence-corrected chi connectivity index (χ1v) is 8.70. The Hall–Kier alpha value is -2.32. The Labute approximate surface area is 159 Å². The minimum Gasteiger partial charge on any atom is -0.354 e. The number of carbonyl (C=O) groups excluding carboxylic acids is 1. The number of hydrogen-bond acceptors (Lipinski definition) is 4. The van der Waals surface area contributed by atoms with Crippen molar-refractivity contribution in [3.05, 3.63) is 52.7 Å². The molecule has 144 valence electrons. The maximum atomic E-state index is 12.8. The van der Waals surface area contributed by atoms with Crippen molar-refractivity contribution in [3.8, 4) is 0 Å². The maximum absolute atomic E-state index is 12.8. The molecule has 0 spiro atoms. The summed E-state index contributed by atoms with van der Waals surface area (Å²) in [6.45, 7) is 3.45. The number of hydrogen-bond donors (Lipinski definition) is 1. The molecule has 1 fully saturated rings. The largest absolute Gasteiger partial charge is 0.416 e. The van der Waals surface area contributed by atoms with E-state index < -0.39 is 17.6 Å². The van der Waals surface area contributed by atoms with Crippen LogP contribution in [0.3, 0.4) is 0 Å². The summed E-state index contributed by atoms with van der Waals surface area (Å²) in [5.74, 6) is 0.0160. The van der Waals surface area contributed by atoms with Crippen molar-refractivity contribution in [3.63, 3.8) is 0 Å². The number of nitrogens with one attached hydrogen (secondary N) is 1. The number of aromatic nitrogens is 1. The van der Waals surface area contributed by atoms with Crippen LogP contribution < -0.4 is 10.2 Å². The normalized spacial score (nSPS) is 15.7. The molecule has 1 saturated heterocycles. The summed E-state index contributed by atoms with van der Waals surface area (Å²) in [5, 5.41) is 2.60. The van der Waals surface area contributed by atoms with Crippen LogP contribution >= 0.6 is 11.6 Å². The summed E-state index contributed by atoms with van der Waals surface area (Å²) in [6.07, 6.45) is -4.51. The summed E-state index contributed by atoms with van der Waals surface area (Å²) in [7, 11) is 2.05. The van der Waals surface area contributed by atoms with Crippen molar-refractivity contribution in [2.45, 2.75) is 6.18 Å². The van der Waals surface area contributed by atoms with Gasteiger partial charge in [-0.3, -0.25) is 4.79 Å². The van der Waals surface area contributed by atoms with Crippen molar-refractivity contribution in [2.24, 2.45) is 0 Å². The molecular formula is C18H18ClF3N4O. The molecule has 1 aromatic carbocycles. The highest BCUT2D eigenvalue weighted by molar-refractivity contribution is 6.32. The molecule has 5 nitrogen and oxygen atoms in total. The second-order valence-corrected chi connectivity index (χ2v) is 6.69. The SMILES string of the molecule is CN1CCN(c2ccc(NC(=O)c3cccc(C(F)(F)F)c3)c(Cl)n2)CC1. The average molecular weight is 399 g/mol. The average Bonchev–Trinajstić information content (AvgIpc) is 2.63. The third kappa shape index (κ3) is 4.70. The molecule has 1 aliphatic heterocycles. The number of nitrogens with zero attached hydrogens (tertiary/aromatic N) is 3. The summed E-state index contributed by atoms with van der Waals surface area (Å²) in [5.41, 5.74) is -0.745. The van der Waals surface area contributed by atoms with Crippen molar-refractivity contribution in [1.29, 1.82) is 0 Å². The highest BCUT2D eigenvalue weighted by Crippen LogP contribution is 2.30. The predicted molar refractivity (Wildman–Crippen MR) is 98.4 cm³/mol. The fourth-order valence-corrected chi connectivity index (χ4v) is 2.96. The smallest absolute Gasteiger partial charge is 0.354 e. The molecule has 1 aliphatic rings. The lowest BCUT2D eigenvalue weighted by molar-refractivity contribution is -0.137. The zero-order valence-electron chi connectivity index (χ0n) is 14.6. The Balaban J connectivity index is 1.73. The van der Waals surface area contributed by atoms with Crippen molar-refractivity contribution >= 4 is 29.0 Å². The number of alkyl halides is 3. The number of piperazine rings is 1. The quantitative estimate of drug-likeness (QED) is 0.800. The number of benzene rings is 1. The fourth-order valence-electron chi connectivity index (χ4n) is 2.76. The molecule has 27 heavy (non-hydrogen) atoms. The van der Waals surface area contributed by atoms with E-state index in [1.165, 1.54) is 12.1 Å². The first-order chi connectivity index (χ1) is 12.7. The third-order valence-electron chi connectivity index (χ3n) is 4.36. The highest BCUT2D eigenvalue weighted by Gasteiger charge is 2.31. The van der Waals surface area contributed by atoms with E-state index in [4.69, 9.17) is 11.6 Å². The number of amides is 1. The third-order valence-corrected chi connectivity index (χ3v) is 4.65. The van der Waals surface area contributed by atoms with Crippen LogP contribution in [0.15, 0.2) is 36.4 Å². The molecule has 3 rings (SSSR count). The summed E-state index contributed by atoms with van der Waals surface area (Å²) < 4.78 is 38.4.